The van der Waals surface area contributed by atoms with Crippen LogP contribution in [0.15, 0.2) is 12.1 Å². The average Bonchev–Trinajstić information content (AvgIpc) is 2.61. The van der Waals surface area contributed by atoms with Crippen molar-refractivity contribution < 1.29 is 19.8 Å². The molecule has 0 spiro atoms. The van der Waals surface area contributed by atoms with Gasteiger partial charge < -0.3 is 20.0 Å². The highest BCUT2D eigenvalue weighted by Gasteiger charge is 2.43. The second-order valence-corrected chi connectivity index (χ2v) is 7.37. The molecule has 1 aromatic rings. The van der Waals surface area contributed by atoms with Crippen molar-refractivity contribution in [3.8, 4) is 5.75 Å². The van der Waals surface area contributed by atoms with Crippen LogP contribution in [0.3, 0.4) is 0 Å². The summed E-state index contributed by atoms with van der Waals surface area (Å²) in [5.74, 6) is -0.532. The van der Waals surface area contributed by atoms with Gasteiger partial charge in [-0.25, -0.2) is 0 Å². The number of carbonyl (C=O) groups excluding carboxylic acids is 2. The van der Waals surface area contributed by atoms with Crippen molar-refractivity contribution in [2.75, 3.05) is 19.7 Å². The van der Waals surface area contributed by atoms with Crippen LogP contribution in [0.25, 0.3) is 0 Å². The first-order valence-corrected chi connectivity index (χ1v) is 8.98. The van der Waals surface area contributed by atoms with Gasteiger partial charge in [0.25, 0.3) is 0 Å². The minimum absolute atomic E-state index is 0.0558. The number of benzene rings is 1. The van der Waals surface area contributed by atoms with E-state index in [2.05, 4.69) is 0 Å². The number of amides is 2. The summed E-state index contributed by atoms with van der Waals surface area (Å²) < 4.78 is 0. The van der Waals surface area contributed by atoms with Gasteiger partial charge in [0.15, 0.2) is 0 Å². The summed E-state index contributed by atoms with van der Waals surface area (Å²) in [4.78, 5) is 27.7. The molecule has 25 heavy (non-hydrogen) atoms. The van der Waals surface area contributed by atoms with Crippen molar-refractivity contribution >= 4 is 35.0 Å². The molecule has 0 saturated carbocycles. The lowest BCUT2D eigenvalue weighted by atomic mass is 9.83. The van der Waals surface area contributed by atoms with Crippen molar-refractivity contribution in [2.24, 2.45) is 0 Å². The van der Waals surface area contributed by atoms with E-state index in [0.29, 0.717) is 41.5 Å². The molecule has 2 aliphatic rings. The largest absolute Gasteiger partial charge is 0.508 e. The van der Waals surface area contributed by atoms with Crippen molar-refractivity contribution in [3.63, 3.8) is 0 Å². The fourth-order valence-electron chi connectivity index (χ4n) is 3.89. The summed E-state index contributed by atoms with van der Waals surface area (Å²) in [6.07, 6.45) is 1.23. The van der Waals surface area contributed by atoms with Gasteiger partial charge in [-0.1, -0.05) is 23.2 Å². The Labute approximate surface area is 155 Å². The molecule has 1 aromatic carbocycles. The number of nitrogens with zero attached hydrogens (tertiary/aromatic N) is 2. The average molecular weight is 387 g/mol. The zero-order valence-corrected chi connectivity index (χ0v) is 15.3. The maximum absolute atomic E-state index is 12.6. The molecule has 2 amide bonds. The normalized spacial score (nSPS) is 26.6. The zero-order valence-electron chi connectivity index (χ0n) is 13.8. The van der Waals surface area contributed by atoms with Gasteiger partial charge in [-0.05, 0) is 37.8 Å². The monoisotopic (exact) mass is 386 g/mol. The number of aliphatic hydroxyl groups is 1. The third kappa shape index (κ3) is 3.18. The number of piperidine rings is 1. The van der Waals surface area contributed by atoms with Crippen LogP contribution in [0.5, 0.6) is 5.75 Å². The van der Waals surface area contributed by atoms with Gasteiger partial charge in [-0.15, -0.1) is 0 Å². The minimum atomic E-state index is -0.616. The van der Waals surface area contributed by atoms with E-state index in [1.165, 1.54) is 11.0 Å². The Balaban J connectivity index is 1.86. The van der Waals surface area contributed by atoms with Gasteiger partial charge in [0, 0.05) is 24.7 Å². The third-order valence-corrected chi connectivity index (χ3v) is 6.02. The van der Waals surface area contributed by atoms with Crippen LogP contribution in [0.4, 0.5) is 0 Å². The number of carbonyl (C=O) groups is 2. The second-order valence-electron chi connectivity index (χ2n) is 6.58. The van der Waals surface area contributed by atoms with E-state index in [1.807, 2.05) is 0 Å². The Bertz CT molecular complexity index is 712. The van der Waals surface area contributed by atoms with Crippen LogP contribution < -0.4 is 0 Å². The molecule has 0 aromatic heterocycles. The van der Waals surface area contributed by atoms with E-state index in [4.69, 9.17) is 28.3 Å². The molecule has 2 heterocycles. The van der Waals surface area contributed by atoms with Crippen molar-refractivity contribution in [2.45, 2.75) is 37.8 Å². The van der Waals surface area contributed by atoms with Crippen LogP contribution in [-0.4, -0.2) is 63.6 Å². The molecule has 3 rings (SSSR count). The highest BCUT2D eigenvalue weighted by Crippen LogP contribution is 2.43. The molecular formula is C17H20Cl2N2O4. The number of phenolic OH excluding ortho intramolecular Hbond substituents is 1. The van der Waals surface area contributed by atoms with Gasteiger partial charge in [0.2, 0.25) is 11.8 Å². The number of halogens is 2. The molecule has 2 aliphatic heterocycles. The van der Waals surface area contributed by atoms with Crippen LogP contribution >= 0.6 is 23.2 Å². The predicted molar refractivity (Wildman–Crippen MR) is 93.9 cm³/mol. The van der Waals surface area contributed by atoms with Gasteiger partial charge in [-0.3, -0.25) is 9.59 Å². The number of hydrogen-bond acceptors (Lipinski definition) is 4. The molecule has 3 atom stereocenters. The quantitative estimate of drug-likeness (QED) is 0.814. The predicted octanol–water partition coefficient (Wildman–Crippen LogP) is 2.00. The smallest absolute Gasteiger partial charge is 0.249 e. The molecule has 2 saturated heterocycles. The summed E-state index contributed by atoms with van der Waals surface area (Å²) in [7, 11) is 0. The van der Waals surface area contributed by atoms with Gasteiger partial charge in [-0.2, -0.15) is 0 Å². The lowest BCUT2D eigenvalue weighted by Gasteiger charge is -2.48. The number of aromatic hydroxyl groups is 1. The number of aliphatic hydroxyl groups excluding tert-OH is 1. The number of piperazine rings is 1. The van der Waals surface area contributed by atoms with Gasteiger partial charge in [0.1, 0.15) is 18.4 Å². The summed E-state index contributed by atoms with van der Waals surface area (Å²) in [5, 5.41) is 20.1. The van der Waals surface area contributed by atoms with Gasteiger partial charge >= 0.3 is 0 Å². The van der Waals surface area contributed by atoms with E-state index in [9.17, 15) is 14.7 Å². The topological polar surface area (TPSA) is 81.1 Å². The molecule has 2 fully saturated rings. The summed E-state index contributed by atoms with van der Waals surface area (Å²) in [5.41, 5.74) is 0.597. The Kier molecular flexibility index (Phi) is 5.14. The van der Waals surface area contributed by atoms with Crippen LogP contribution in [-0.2, 0) is 9.59 Å². The zero-order chi connectivity index (χ0) is 18.3. The molecule has 0 unspecified atom stereocenters. The summed E-state index contributed by atoms with van der Waals surface area (Å²) in [6.45, 7) is 1.95. The van der Waals surface area contributed by atoms with E-state index >= 15 is 0 Å². The number of phenols is 1. The van der Waals surface area contributed by atoms with E-state index < -0.39 is 18.6 Å². The Morgan fingerprint density at radius 3 is 2.76 bits per heavy atom. The molecule has 136 valence electrons. The maximum Gasteiger partial charge on any atom is 0.249 e. The molecule has 0 radical (unpaired) electrons. The first kappa shape index (κ1) is 18.3. The number of hydrogen-bond donors (Lipinski definition) is 2. The lowest BCUT2D eigenvalue weighted by molar-refractivity contribution is -0.157. The van der Waals surface area contributed by atoms with E-state index in [0.717, 1.165) is 0 Å². The Hall–Kier alpha value is -1.50. The lowest BCUT2D eigenvalue weighted by Crippen LogP contribution is -2.64. The van der Waals surface area contributed by atoms with Crippen molar-refractivity contribution in [3.05, 3.63) is 27.7 Å². The SMILES string of the molecule is C[C@H]1C(=O)N2CC[C@@H](c3c(O)ccc(Cl)c3Cl)C[C@H]2CN1C(=O)CO. The van der Waals surface area contributed by atoms with Crippen molar-refractivity contribution in [1.82, 2.24) is 9.80 Å². The fourth-order valence-corrected chi connectivity index (χ4v) is 4.37. The standard InChI is InChI=1S/C17H20Cl2N2O4/c1-9-17(25)20-5-4-10(6-11(20)7-21(9)14(24)8-22)15-13(23)3-2-12(18)16(15)19/h2-3,9-11,22-23H,4-8H2,1H3/t9-,10+,11-/m0/s1. The van der Waals surface area contributed by atoms with Crippen molar-refractivity contribution in [1.29, 1.82) is 0 Å². The maximum atomic E-state index is 12.6. The fraction of sp³-hybridized carbons (Fsp3) is 0.529. The molecule has 2 N–H and O–H groups in total. The van der Waals surface area contributed by atoms with Crippen LogP contribution in [0, 0.1) is 0 Å². The van der Waals surface area contributed by atoms with Crippen LogP contribution in [0.1, 0.15) is 31.2 Å². The summed E-state index contributed by atoms with van der Waals surface area (Å²) >= 11 is 12.4. The number of fused-ring (bicyclic) bond motifs is 1. The van der Waals surface area contributed by atoms with E-state index in [1.54, 1.807) is 17.9 Å². The molecule has 0 bridgehead atoms. The first-order valence-electron chi connectivity index (χ1n) is 8.22. The second kappa shape index (κ2) is 7.02. The third-order valence-electron chi connectivity index (χ3n) is 5.20. The Morgan fingerprint density at radius 1 is 1.36 bits per heavy atom. The summed E-state index contributed by atoms with van der Waals surface area (Å²) in [6, 6.07) is 2.32. The molecule has 8 heteroatoms. The van der Waals surface area contributed by atoms with Gasteiger partial charge in [0.05, 0.1) is 10.0 Å². The van der Waals surface area contributed by atoms with Crippen LogP contribution in [0.2, 0.25) is 10.0 Å². The van der Waals surface area contributed by atoms with E-state index in [-0.39, 0.29) is 23.6 Å². The Morgan fingerprint density at radius 2 is 2.08 bits per heavy atom. The molecule has 0 aliphatic carbocycles. The molecule has 6 nitrogen and oxygen atoms in total. The molecular weight excluding hydrogens is 367 g/mol. The first-order chi connectivity index (χ1) is 11.8. The highest BCUT2D eigenvalue weighted by molar-refractivity contribution is 6.42. The highest BCUT2D eigenvalue weighted by atomic mass is 35.5. The number of rotatable bonds is 2. The minimum Gasteiger partial charge on any atom is -0.508 e.